The summed E-state index contributed by atoms with van der Waals surface area (Å²) in [6.07, 6.45) is 0.191. The number of rotatable bonds is 5. The number of benzene rings is 2. The molecule has 0 saturated heterocycles. The molecular formula is C16H15F2NO2S. The molecule has 3 nitrogen and oxygen atoms in total. The monoisotopic (exact) mass is 323 g/mol. The molecule has 0 aliphatic carbocycles. The molecule has 116 valence electrons. The summed E-state index contributed by atoms with van der Waals surface area (Å²) in [4.78, 5) is 12.4. The second-order valence-electron chi connectivity index (χ2n) is 4.74. The van der Waals surface area contributed by atoms with E-state index in [2.05, 4.69) is 5.32 Å². The quantitative estimate of drug-likeness (QED) is 0.643. The molecule has 0 atom stereocenters. The number of aromatic hydroxyl groups is 1. The Bertz CT molecular complexity index is 692. The lowest BCUT2D eigenvalue weighted by Gasteiger charge is -2.08. The SMILES string of the molecule is Cc1ccc(NC(=O)CCSc2ccc(F)c(F)c2)c(O)c1. The van der Waals surface area contributed by atoms with Gasteiger partial charge in [-0.1, -0.05) is 6.07 Å². The number of nitrogens with one attached hydrogen (secondary N) is 1. The van der Waals surface area contributed by atoms with E-state index >= 15 is 0 Å². The number of halogens is 2. The maximum absolute atomic E-state index is 13.0. The first-order valence-corrected chi connectivity index (χ1v) is 7.61. The highest BCUT2D eigenvalue weighted by Crippen LogP contribution is 2.25. The van der Waals surface area contributed by atoms with Crippen LogP contribution < -0.4 is 5.32 Å². The molecule has 0 saturated carbocycles. The summed E-state index contributed by atoms with van der Waals surface area (Å²) in [6.45, 7) is 1.84. The minimum absolute atomic E-state index is 0.0154. The number of amides is 1. The molecule has 0 aromatic heterocycles. The molecule has 0 heterocycles. The number of carbonyl (C=O) groups excluding carboxylic acids is 1. The molecule has 0 aliphatic rings. The number of anilines is 1. The van der Waals surface area contributed by atoms with Gasteiger partial charge in [0.05, 0.1) is 5.69 Å². The van der Waals surface area contributed by atoms with Crippen LogP contribution in [0.2, 0.25) is 0 Å². The minimum atomic E-state index is -0.904. The molecule has 0 bridgehead atoms. The van der Waals surface area contributed by atoms with Crippen molar-refractivity contribution in [1.29, 1.82) is 0 Å². The zero-order chi connectivity index (χ0) is 16.1. The lowest BCUT2D eigenvalue weighted by molar-refractivity contribution is -0.115. The van der Waals surface area contributed by atoms with E-state index in [0.717, 1.165) is 17.7 Å². The van der Waals surface area contributed by atoms with Crippen molar-refractivity contribution in [3.63, 3.8) is 0 Å². The van der Waals surface area contributed by atoms with Crippen LogP contribution in [0, 0.1) is 18.6 Å². The van der Waals surface area contributed by atoms with Crippen LogP contribution in [0.1, 0.15) is 12.0 Å². The van der Waals surface area contributed by atoms with Gasteiger partial charge in [-0.25, -0.2) is 8.78 Å². The molecule has 0 unspecified atom stereocenters. The zero-order valence-corrected chi connectivity index (χ0v) is 12.7. The van der Waals surface area contributed by atoms with Gasteiger partial charge >= 0.3 is 0 Å². The molecule has 0 aliphatic heterocycles. The number of hydrogen-bond donors (Lipinski definition) is 2. The zero-order valence-electron chi connectivity index (χ0n) is 11.9. The van der Waals surface area contributed by atoms with Crippen LogP contribution in [0.3, 0.4) is 0 Å². The van der Waals surface area contributed by atoms with E-state index in [0.29, 0.717) is 16.3 Å². The second-order valence-corrected chi connectivity index (χ2v) is 5.91. The summed E-state index contributed by atoms with van der Waals surface area (Å²) in [5, 5.41) is 12.3. The van der Waals surface area contributed by atoms with E-state index in [1.807, 2.05) is 6.92 Å². The van der Waals surface area contributed by atoms with Crippen LogP contribution >= 0.6 is 11.8 Å². The molecular weight excluding hydrogens is 308 g/mol. The summed E-state index contributed by atoms with van der Waals surface area (Å²) in [5.74, 6) is -1.62. The number of aryl methyl sites for hydroxylation is 1. The highest BCUT2D eigenvalue weighted by atomic mass is 32.2. The van der Waals surface area contributed by atoms with E-state index in [1.165, 1.54) is 17.8 Å². The van der Waals surface area contributed by atoms with Crippen molar-refractivity contribution < 1.29 is 18.7 Å². The third-order valence-electron chi connectivity index (χ3n) is 2.92. The first-order valence-electron chi connectivity index (χ1n) is 6.63. The first kappa shape index (κ1) is 16.3. The van der Waals surface area contributed by atoms with Crippen molar-refractivity contribution in [2.45, 2.75) is 18.2 Å². The topological polar surface area (TPSA) is 49.3 Å². The van der Waals surface area contributed by atoms with Gasteiger partial charge in [-0.15, -0.1) is 11.8 Å². The van der Waals surface area contributed by atoms with E-state index in [9.17, 15) is 18.7 Å². The van der Waals surface area contributed by atoms with Crippen LogP contribution in [-0.2, 0) is 4.79 Å². The van der Waals surface area contributed by atoms with Gasteiger partial charge in [-0.3, -0.25) is 4.79 Å². The summed E-state index contributed by atoms with van der Waals surface area (Å²) in [5.41, 5.74) is 1.25. The van der Waals surface area contributed by atoms with Gasteiger partial charge in [0.25, 0.3) is 0 Å². The second kappa shape index (κ2) is 7.26. The van der Waals surface area contributed by atoms with Crippen LogP contribution in [0.4, 0.5) is 14.5 Å². The van der Waals surface area contributed by atoms with Gasteiger partial charge < -0.3 is 10.4 Å². The predicted octanol–water partition coefficient (Wildman–Crippen LogP) is 4.10. The Morgan fingerprint density at radius 2 is 1.95 bits per heavy atom. The standard InChI is InChI=1S/C16H15F2NO2S/c1-10-2-5-14(15(20)8-10)19-16(21)6-7-22-11-3-4-12(17)13(18)9-11/h2-5,8-9,20H,6-7H2,1H3,(H,19,21). The summed E-state index contributed by atoms with van der Waals surface area (Å²) < 4.78 is 25.8. The van der Waals surface area contributed by atoms with Crippen LogP contribution in [-0.4, -0.2) is 16.8 Å². The number of carbonyl (C=O) groups is 1. The average molecular weight is 323 g/mol. The highest BCUT2D eigenvalue weighted by Gasteiger charge is 2.08. The molecule has 2 aromatic carbocycles. The summed E-state index contributed by atoms with van der Waals surface area (Å²) in [7, 11) is 0. The molecule has 2 N–H and O–H groups in total. The van der Waals surface area contributed by atoms with Crippen molar-refractivity contribution in [1.82, 2.24) is 0 Å². The van der Waals surface area contributed by atoms with E-state index in [1.54, 1.807) is 18.2 Å². The Morgan fingerprint density at radius 1 is 1.18 bits per heavy atom. The Balaban J connectivity index is 1.83. The van der Waals surface area contributed by atoms with Gasteiger partial charge in [0.15, 0.2) is 11.6 Å². The van der Waals surface area contributed by atoms with E-state index < -0.39 is 11.6 Å². The fraction of sp³-hybridized carbons (Fsp3) is 0.188. The van der Waals surface area contributed by atoms with Gasteiger partial charge in [0.1, 0.15) is 5.75 Å². The molecule has 22 heavy (non-hydrogen) atoms. The first-order chi connectivity index (χ1) is 10.5. The molecule has 2 rings (SSSR count). The maximum atomic E-state index is 13.0. The summed E-state index contributed by atoms with van der Waals surface area (Å²) >= 11 is 1.26. The van der Waals surface area contributed by atoms with Crippen molar-refractivity contribution in [2.24, 2.45) is 0 Å². The van der Waals surface area contributed by atoms with Crippen molar-refractivity contribution >= 4 is 23.4 Å². The Labute approximate surface area is 131 Å². The third kappa shape index (κ3) is 4.46. The Morgan fingerprint density at radius 3 is 2.64 bits per heavy atom. The molecule has 6 heteroatoms. The highest BCUT2D eigenvalue weighted by molar-refractivity contribution is 7.99. The molecule has 0 radical (unpaired) electrons. The number of phenolic OH excluding ortho intramolecular Hbond substituents is 1. The predicted molar refractivity (Wildman–Crippen MR) is 83.2 cm³/mol. The number of thioether (sulfide) groups is 1. The van der Waals surface area contributed by atoms with E-state index in [-0.39, 0.29) is 18.1 Å². The average Bonchev–Trinajstić information content (AvgIpc) is 2.46. The summed E-state index contributed by atoms with van der Waals surface area (Å²) in [6, 6.07) is 8.60. The maximum Gasteiger partial charge on any atom is 0.225 e. The number of hydrogen-bond acceptors (Lipinski definition) is 3. The van der Waals surface area contributed by atoms with Gasteiger partial charge in [0.2, 0.25) is 5.91 Å². The fourth-order valence-corrected chi connectivity index (χ4v) is 2.66. The molecule has 0 spiro atoms. The van der Waals surface area contributed by atoms with Crippen LogP contribution in [0.15, 0.2) is 41.3 Å². The van der Waals surface area contributed by atoms with Crippen molar-refractivity contribution in [3.05, 3.63) is 53.6 Å². The largest absolute Gasteiger partial charge is 0.506 e. The smallest absolute Gasteiger partial charge is 0.225 e. The van der Waals surface area contributed by atoms with Crippen LogP contribution in [0.25, 0.3) is 0 Å². The van der Waals surface area contributed by atoms with Crippen molar-refractivity contribution in [3.8, 4) is 5.75 Å². The molecule has 1 amide bonds. The van der Waals surface area contributed by atoms with Gasteiger partial charge in [0, 0.05) is 17.1 Å². The van der Waals surface area contributed by atoms with Gasteiger partial charge in [-0.05, 0) is 42.8 Å². The number of phenols is 1. The Hall–Kier alpha value is -2.08. The fourth-order valence-electron chi connectivity index (χ4n) is 1.79. The lowest BCUT2D eigenvalue weighted by atomic mass is 10.2. The molecule has 0 fully saturated rings. The third-order valence-corrected chi connectivity index (χ3v) is 3.91. The Kier molecular flexibility index (Phi) is 5.38. The van der Waals surface area contributed by atoms with Gasteiger partial charge in [-0.2, -0.15) is 0 Å². The lowest BCUT2D eigenvalue weighted by Crippen LogP contribution is -2.12. The normalized spacial score (nSPS) is 10.5. The molecule has 2 aromatic rings. The van der Waals surface area contributed by atoms with Crippen molar-refractivity contribution in [2.75, 3.05) is 11.1 Å². The van der Waals surface area contributed by atoms with E-state index in [4.69, 9.17) is 0 Å². The minimum Gasteiger partial charge on any atom is -0.506 e. The van der Waals surface area contributed by atoms with Crippen LogP contribution in [0.5, 0.6) is 5.75 Å².